The summed E-state index contributed by atoms with van der Waals surface area (Å²) in [5.74, 6) is -0.0790. The molecule has 17 heavy (non-hydrogen) atoms. The lowest BCUT2D eigenvalue weighted by atomic mass is 9.71. The fourth-order valence-electron chi connectivity index (χ4n) is 2.15. The van der Waals surface area contributed by atoms with Crippen molar-refractivity contribution in [1.29, 1.82) is 0 Å². The molecule has 1 fully saturated rings. The number of halogens is 1. The Kier molecular flexibility index (Phi) is 3.54. The normalized spacial score (nSPS) is 19.2. The summed E-state index contributed by atoms with van der Waals surface area (Å²) < 4.78 is 1.04. The number of nitrogens with one attached hydrogen (secondary N) is 1. The molecule has 1 aliphatic rings. The Morgan fingerprint density at radius 2 is 2.24 bits per heavy atom. The van der Waals surface area contributed by atoms with E-state index in [1.165, 1.54) is 0 Å². The minimum Gasteiger partial charge on any atom is -0.345 e. The average Bonchev–Trinajstić information content (AvgIpc) is 2.22. The fraction of sp³-hybridized carbons (Fsp3) is 0.462. The number of carbonyl (C=O) groups excluding carboxylic acids is 1. The van der Waals surface area contributed by atoms with Crippen molar-refractivity contribution in [2.75, 3.05) is 0 Å². The van der Waals surface area contributed by atoms with Gasteiger partial charge in [-0.3, -0.25) is 4.79 Å². The van der Waals surface area contributed by atoms with Crippen LogP contribution in [0.3, 0.4) is 0 Å². The smallest absolute Gasteiger partial charge is 0.237 e. The number of carbonyl (C=O) groups is 1. The monoisotopic (exact) mass is 296 g/mol. The minimum atomic E-state index is -0.459. The second kappa shape index (κ2) is 4.78. The molecule has 1 atom stereocenters. The first-order valence-electron chi connectivity index (χ1n) is 5.87. The standard InChI is InChI=1S/C13H17BrN2O/c1-9(15)12(17)16-13(6-3-7-13)10-4-2-5-11(14)8-10/h2,4-5,8-9H,3,6-7,15H2,1H3,(H,16,17)/t9-/m1/s1. The summed E-state index contributed by atoms with van der Waals surface area (Å²) in [5.41, 5.74) is 6.57. The molecule has 4 heteroatoms. The highest BCUT2D eigenvalue weighted by atomic mass is 79.9. The van der Waals surface area contributed by atoms with Crippen LogP contribution in [-0.2, 0) is 10.3 Å². The van der Waals surface area contributed by atoms with E-state index in [-0.39, 0.29) is 11.4 Å². The van der Waals surface area contributed by atoms with Crippen molar-refractivity contribution >= 4 is 21.8 Å². The molecule has 0 heterocycles. The number of nitrogens with two attached hydrogens (primary N) is 1. The maximum Gasteiger partial charge on any atom is 0.237 e. The van der Waals surface area contributed by atoms with Gasteiger partial charge in [-0.25, -0.2) is 0 Å². The van der Waals surface area contributed by atoms with E-state index in [1.54, 1.807) is 6.92 Å². The molecule has 0 saturated heterocycles. The Morgan fingerprint density at radius 1 is 1.53 bits per heavy atom. The Bertz CT molecular complexity index is 427. The molecule has 0 aliphatic heterocycles. The van der Waals surface area contributed by atoms with Gasteiger partial charge >= 0.3 is 0 Å². The molecule has 1 aromatic carbocycles. The van der Waals surface area contributed by atoms with Crippen molar-refractivity contribution in [3.8, 4) is 0 Å². The molecule has 0 spiro atoms. The predicted molar refractivity (Wildman–Crippen MR) is 71.5 cm³/mol. The van der Waals surface area contributed by atoms with E-state index in [0.717, 1.165) is 29.3 Å². The van der Waals surface area contributed by atoms with Gasteiger partial charge in [0.2, 0.25) is 5.91 Å². The van der Waals surface area contributed by atoms with Crippen LogP contribution in [0.4, 0.5) is 0 Å². The number of hydrogen-bond acceptors (Lipinski definition) is 2. The van der Waals surface area contributed by atoms with E-state index >= 15 is 0 Å². The maximum atomic E-state index is 11.8. The van der Waals surface area contributed by atoms with Gasteiger partial charge in [0.1, 0.15) is 0 Å². The Morgan fingerprint density at radius 3 is 2.71 bits per heavy atom. The topological polar surface area (TPSA) is 55.1 Å². The van der Waals surface area contributed by atoms with Crippen molar-refractivity contribution in [3.05, 3.63) is 34.3 Å². The molecule has 0 aromatic heterocycles. The molecule has 1 aromatic rings. The Labute approximate surface area is 110 Å². The highest BCUT2D eigenvalue weighted by Gasteiger charge is 2.40. The van der Waals surface area contributed by atoms with Crippen LogP contribution >= 0.6 is 15.9 Å². The SMILES string of the molecule is C[C@@H](N)C(=O)NC1(c2cccc(Br)c2)CCC1. The molecule has 92 valence electrons. The van der Waals surface area contributed by atoms with Crippen LogP contribution in [0, 0.1) is 0 Å². The number of hydrogen-bond donors (Lipinski definition) is 2. The van der Waals surface area contributed by atoms with E-state index in [4.69, 9.17) is 5.73 Å². The number of amides is 1. The highest BCUT2D eigenvalue weighted by Crippen LogP contribution is 2.41. The average molecular weight is 297 g/mol. The molecule has 0 unspecified atom stereocenters. The second-order valence-electron chi connectivity index (χ2n) is 4.72. The molecule has 1 amide bonds. The van der Waals surface area contributed by atoms with Crippen LogP contribution in [0.1, 0.15) is 31.7 Å². The van der Waals surface area contributed by atoms with Gasteiger partial charge in [0, 0.05) is 4.47 Å². The van der Waals surface area contributed by atoms with Gasteiger partial charge in [-0.15, -0.1) is 0 Å². The summed E-state index contributed by atoms with van der Waals surface area (Å²) in [5, 5.41) is 3.09. The first-order valence-corrected chi connectivity index (χ1v) is 6.66. The van der Waals surface area contributed by atoms with Gasteiger partial charge in [-0.05, 0) is 43.9 Å². The summed E-state index contributed by atoms with van der Waals surface area (Å²) in [6, 6.07) is 7.66. The van der Waals surface area contributed by atoms with E-state index in [2.05, 4.69) is 33.4 Å². The Balaban J connectivity index is 2.23. The second-order valence-corrected chi connectivity index (χ2v) is 5.64. The van der Waals surface area contributed by atoms with Crippen LogP contribution in [0.5, 0.6) is 0 Å². The largest absolute Gasteiger partial charge is 0.345 e. The van der Waals surface area contributed by atoms with Gasteiger partial charge < -0.3 is 11.1 Å². The zero-order chi connectivity index (χ0) is 12.5. The van der Waals surface area contributed by atoms with Crippen LogP contribution < -0.4 is 11.1 Å². The van der Waals surface area contributed by atoms with E-state index in [9.17, 15) is 4.79 Å². The van der Waals surface area contributed by atoms with Gasteiger partial charge in [-0.2, -0.15) is 0 Å². The van der Waals surface area contributed by atoms with Crippen LogP contribution in [-0.4, -0.2) is 11.9 Å². The lowest BCUT2D eigenvalue weighted by Crippen LogP contribution is -2.54. The third kappa shape index (κ3) is 2.53. The molecule has 1 saturated carbocycles. The van der Waals surface area contributed by atoms with E-state index in [1.807, 2.05) is 12.1 Å². The molecular weight excluding hydrogens is 280 g/mol. The van der Waals surface area contributed by atoms with Crippen molar-refractivity contribution in [3.63, 3.8) is 0 Å². The van der Waals surface area contributed by atoms with Crippen LogP contribution in [0.15, 0.2) is 28.7 Å². The third-order valence-corrected chi connectivity index (χ3v) is 3.85. The van der Waals surface area contributed by atoms with Crippen molar-refractivity contribution in [2.24, 2.45) is 5.73 Å². The van der Waals surface area contributed by atoms with Crippen LogP contribution in [0.2, 0.25) is 0 Å². The van der Waals surface area contributed by atoms with Gasteiger partial charge in [0.15, 0.2) is 0 Å². The summed E-state index contributed by atoms with van der Waals surface area (Å²) in [6.45, 7) is 1.71. The van der Waals surface area contributed by atoms with Gasteiger partial charge in [0.05, 0.1) is 11.6 Å². The zero-order valence-corrected chi connectivity index (χ0v) is 11.5. The van der Waals surface area contributed by atoms with E-state index < -0.39 is 6.04 Å². The highest BCUT2D eigenvalue weighted by molar-refractivity contribution is 9.10. The van der Waals surface area contributed by atoms with Gasteiger partial charge in [-0.1, -0.05) is 28.1 Å². The van der Waals surface area contributed by atoms with Crippen molar-refractivity contribution < 1.29 is 4.79 Å². The molecule has 3 nitrogen and oxygen atoms in total. The first-order chi connectivity index (χ1) is 8.03. The third-order valence-electron chi connectivity index (χ3n) is 3.36. The summed E-state index contributed by atoms with van der Waals surface area (Å²) in [4.78, 5) is 11.8. The number of rotatable bonds is 3. The fourth-order valence-corrected chi connectivity index (χ4v) is 2.55. The van der Waals surface area contributed by atoms with Crippen molar-refractivity contribution in [2.45, 2.75) is 37.8 Å². The molecule has 2 rings (SSSR count). The molecule has 0 radical (unpaired) electrons. The molecular formula is C13H17BrN2O. The predicted octanol–water partition coefficient (Wildman–Crippen LogP) is 2.29. The molecule has 0 bridgehead atoms. The van der Waals surface area contributed by atoms with Gasteiger partial charge in [0.25, 0.3) is 0 Å². The summed E-state index contributed by atoms with van der Waals surface area (Å²) in [7, 11) is 0. The summed E-state index contributed by atoms with van der Waals surface area (Å²) in [6.07, 6.45) is 3.12. The minimum absolute atomic E-state index is 0.0790. The van der Waals surface area contributed by atoms with E-state index in [0.29, 0.717) is 0 Å². The summed E-state index contributed by atoms with van der Waals surface area (Å²) >= 11 is 3.47. The molecule has 1 aliphatic carbocycles. The maximum absolute atomic E-state index is 11.8. The van der Waals surface area contributed by atoms with Crippen molar-refractivity contribution in [1.82, 2.24) is 5.32 Å². The number of benzene rings is 1. The Hall–Kier alpha value is -0.870. The first kappa shape index (κ1) is 12.6. The zero-order valence-electron chi connectivity index (χ0n) is 9.87. The lowest BCUT2D eigenvalue weighted by Gasteiger charge is -2.43. The quantitative estimate of drug-likeness (QED) is 0.899. The molecule has 3 N–H and O–H groups in total. The van der Waals surface area contributed by atoms with Crippen LogP contribution in [0.25, 0.3) is 0 Å². The lowest BCUT2D eigenvalue weighted by molar-refractivity contribution is -0.125.